The molecule has 1 rings (SSSR count). The summed E-state index contributed by atoms with van der Waals surface area (Å²) >= 11 is 4.58. The molecule has 0 aliphatic carbocycles. The van der Waals surface area contributed by atoms with Gasteiger partial charge < -0.3 is 10.4 Å². The van der Waals surface area contributed by atoms with Crippen LogP contribution in [0.1, 0.15) is 12.5 Å². The minimum Gasteiger partial charge on any atom is -0.500 e. The van der Waals surface area contributed by atoms with Gasteiger partial charge in [-0.1, -0.05) is 30.3 Å². The molecule has 112 valence electrons. The molecule has 0 aliphatic heterocycles. The third kappa shape index (κ3) is 3.11. The van der Waals surface area contributed by atoms with Gasteiger partial charge in [0, 0.05) is 12.5 Å². The van der Waals surface area contributed by atoms with Gasteiger partial charge in [-0.05, 0) is 12.2 Å². The van der Waals surface area contributed by atoms with Crippen LogP contribution in [-0.4, -0.2) is 32.1 Å². The second-order valence-electron chi connectivity index (χ2n) is 4.10. The zero-order valence-electron chi connectivity index (χ0n) is 10.8. The van der Waals surface area contributed by atoms with Gasteiger partial charge in [0.15, 0.2) is 0 Å². The van der Waals surface area contributed by atoms with E-state index in [0.717, 1.165) is 6.92 Å². The number of nitrogens with zero attached hydrogens (tertiary/aromatic N) is 2. The maximum atomic E-state index is 11.4. The Hall–Kier alpha value is -2.62. The fraction of sp³-hybridized carbons (Fsp3) is 0.273. The van der Waals surface area contributed by atoms with Crippen molar-refractivity contribution in [2.75, 3.05) is 0 Å². The lowest BCUT2D eigenvalue weighted by Gasteiger charge is -2.29. The highest BCUT2D eigenvalue weighted by atomic mass is 32.1. The first-order valence-corrected chi connectivity index (χ1v) is 5.99. The van der Waals surface area contributed by atoms with Crippen molar-refractivity contribution >= 4 is 23.2 Å². The molecule has 0 heterocycles. The van der Waals surface area contributed by atoms with Crippen LogP contribution in [-0.2, 0) is 10.3 Å². The molecule has 1 amide bonds. The molecule has 9 nitrogen and oxygen atoms in total. The van der Waals surface area contributed by atoms with Crippen molar-refractivity contribution in [3.8, 4) is 0 Å². The quantitative estimate of drug-likeness (QED) is 0.343. The van der Waals surface area contributed by atoms with Crippen LogP contribution >= 0.6 is 12.2 Å². The molecule has 0 fully saturated rings. The lowest BCUT2D eigenvalue weighted by Crippen LogP contribution is -2.63. The second-order valence-corrected chi connectivity index (χ2v) is 4.49. The number of nitrogens with one attached hydrogen (secondary N) is 1. The standard InChI is InChI=1S/C11H11N3O6S/c1-7(15)12-11(10(16)21,8-5-3-2-4-6-8)9(13(17)18)14(19)20/h2-6,9H,1H3,(H,12,15)(H,16,21). The fourth-order valence-electron chi connectivity index (χ4n) is 1.95. The number of aliphatic hydroxyl groups excluding tert-OH is 1. The number of amides is 1. The van der Waals surface area contributed by atoms with E-state index in [9.17, 15) is 30.1 Å². The van der Waals surface area contributed by atoms with E-state index in [1.54, 1.807) is 6.07 Å². The van der Waals surface area contributed by atoms with Gasteiger partial charge in [-0.3, -0.25) is 25.0 Å². The fourth-order valence-corrected chi connectivity index (χ4v) is 2.22. The van der Waals surface area contributed by atoms with E-state index in [1.165, 1.54) is 24.3 Å². The van der Waals surface area contributed by atoms with Crippen molar-refractivity contribution in [2.24, 2.45) is 0 Å². The largest absolute Gasteiger partial charge is 0.500 e. The SMILES string of the molecule is CC(=O)NC(C(O)=S)(c1ccccc1)C([N+](=O)[O-])[N+](=O)[O-]. The van der Waals surface area contributed by atoms with Crippen LogP contribution in [0.15, 0.2) is 30.3 Å². The predicted octanol–water partition coefficient (Wildman–Crippen LogP) is 0.783. The Kier molecular flexibility index (Phi) is 4.87. The molecule has 0 aliphatic rings. The number of rotatable bonds is 6. The Morgan fingerprint density at radius 1 is 1.29 bits per heavy atom. The van der Waals surface area contributed by atoms with Crippen LogP contribution in [0.25, 0.3) is 0 Å². The van der Waals surface area contributed by atoms with Crippen molar-refractivity contribution < 1.29 is 19.7 Å². The monoisotopic (exact) mass is 313 g/mol. The molecule has 2 N–H and O–H groups in total. The maximum absolute atomic E-state index is 11.4. The Morgan fingerprint density at radius 2 is 1.76 bits per heavy atom. The van der Waals surface area contributed by atoms with Crippen LogP contribution in [0.4, 0.5) is 0 Å². The van der Waals surface area contributed by atoms with Crippen molar-refractivity contribution in [3.63, 3.8) is 0 Å². The smallest absolute Gasteiger partial charge is 0.485 e. The summed E-state index contributed by atoms with van der Waals surface area (Å²) in [6.45, 7) is 1.01. The Balaban J connectivity index is 3.67. The van der Waals surface area contributed by atoms with Crippen molar-refractivity contribution in [3.05, 3.63) is 56.1 Å². The molecule has 0 bridgehead atoms. The molecule has 0 radical (unpaired) electrons. The van der Waals surface area contributed by atoms with Gasteiger partial charge in [-0.25, -0.2) is 0 Å². The minimum atomic E-state index is -2.57. The summed E-state index contributed by atoms with van der Waals surface area (Å²) in [6.07, 6.45) is -2.57. The first kappa shape index (κ1) is 16.4. The van der Waals surface area contributed by atoms with Gasteiger partial charge in [0.2, 0.25) is 11.0 Å². The Labute approximate surface area is 123 Å². The number of carbonyl (C=O) groups excluding carboxylic acids is 1. The topological polar surface area (TPSA) is 136 Å². The normalized spacial score (nSPS) is 13.2. The zero-order valence-corrected chi connectivity index (χ0v) is 11.6. The van der Waals surface area contributed by atoms with E-state index in [-0.39, 0.29) is 5.56 Å². The Morgan fingerprint density at radius 3 is 2.10 bits per heavy atom. The highest BCUT2D eigenvalue weighted by Crippen LogP contribution is 2.29. The molecular weight excluding hydrogens is 302 g/mol. The van der Waals surface area contributed by atoms with Crippen LogP contribution in [0.2, 0.25) is 0 Å². The summed E-state index contributed by atoms with van der Waals surface area (Å²) in [5.74, 6) is -0.816. The van der Waals surface area contributed by atoms with E-state index in [1.807, 2.05) is 0 Å². The van der Waals surface area contributed by atoms with Gasteiger partial charge in [0.1, 0.15) is 0 Å². The summed E-state index contributed by atoms with van der Waals surface area (Å²) < 4.78 is 0. The summed E-state index contributed by atoms with van der Waals surface area (Å²) in [4.78, 5) is 31.1. The lowest BCUT2D eigenvalue weighted by atomic mass is 9.87. The van der Waals surface area contributed by atoms with Gasteiger partial charge in [-0.2, -0.15) is 0 Å². The molecule has 0 saturated carbocycles. The highest BCUT2D eigenvalue weighted by molar-refractivity contribution is 7.80. The van der Waals surface area contributed by atoms with Crippen molar-refractivity contribution in [1.29, 1.82) is 0 Å². The molecule has 0 spiro atoms. The molecule has 1 aromatic rings. The summed E-state index contributed by atoms with van der Waals surface area (Å²) in [5, 5.41) is 32.9. The number of carbonyl (C=O) groups is 1. The second kappa shape index (κ2) is 6.22. The van der Waals surface area contributed by atoms with Crippen molar-refractivity contribution in [2.45, 2.75) is 18.6 Å². The van der Waals surface area contributed by atoms with E-state index < -0.39 is 32.5 Å². The van der Waals surface area contributed by atoms with E-state index in [2.05, 4.69) is 17.5 Å². The third-order valence-corrected chi connectivity index (χ3v) is 3.05. The van der Waals surface area contributed by atoms with E-state index in [0.29, 0.717) is 0 Å². The molecule has 10 heteroatoms. The summed E-state index contributed by atoms with van der Waals surface area (Å²) in [5.41, 5.74) is -2.50. The third-order valence-electron chi connectivity index (χ3n) is 2.73. The average molecular weight is 313 g/mol. The lowest BCUT2D eigenvalue weighted by molar-refractivity contribution is -0.751. The van der Waals surface area contributed by atoms with Crippen molar-refractivity contribution in [1.82, 2.24) is 5.32 Å². The number of hydrogen-bond acceptors (Lipinski definition) is 6. The molecule has 0 aromatic heterocycles. The van der Waals surface area contributed by atoms with Gasteiger partial charge >= 0.3 is 6.17 Å². The number of benzene rings is 1. The molecule has 21 heavy (non-hydrogen) atoms. The number of nitro groups is 2. The zero-order chi connectivity index (χ0) is 16.2. The van der Waals surface area contributed by atoms with E-state index in [4.69, 9.17) is 0 Å². The van der Waals surface area contributed by atoms with Crippen LogP contribution < -0.4 is 5.32 Å². The first-order valence-electron chi connectivity index (χ1n) is 5.58. The maximum Gasteiger partial charge on any atom is 0.485 e. The summed E-state index contributed by atoms with van der Waals surface area (Å²) in [6, 6.07) is 7.04. The molecule has 1 aromatic carbocycles. The highest BCUT2D eigenvalue weighted by Gasteiger charge is 2.61. The first-order chi connectivity index (χ1) is 9.73. The van der Waals surface area contributed by atoms with Crippen LogP contribution in [0.5, 0.6) is 0 Å². The molecule has 0 saturated heterocycles. The molecule has 1 atom stereocenters. The van der Waals surface area contributed by atoms with Crippen LogP contribution in [0, 0.1) is 20.2 Å². The number of thiocarbonyl (C=S) groups is 1. The summed E-state index contributed by atoms with van der Waals surface area (Å²) in [7, 11) is 0. The number of aliphatic hydroxyl groups is 1. The number of hydrogen-bond donors (Lipinski definition) is 2. The Bertz CT molecular complexity index is 579. The van der Waals surface area contributed by atoms with Gasteiger partial charge in [-0.15, -0.1) is 0 Å². The van der Waals surface area contributed by atoms with Gasteiger partial charge in [0.25, 0.3) is 5.54 Å². The molecule has 1 unspecified atom stereocenters. The minimum absolute atomic E-state index is 0.0638. The molecular formula is C11H11N3O6S. The average Bonchev–Trinajstić information content (AvgIpc) is 2.37. The van der Waals surface area contributed by atoms with Gasteiger partial charge in [0.05, 0.1) is 9.85 Å². The van der Waals surface area contributed by atoms with Crippen LogP contribution in [0.3, 0.4) is 0 Å². The predicted molar refractivity (Wildman–Crippen MR) is 74.9 cm³/mol. The van der Waals surface area contributed by atoms with E-state index >= 15 is 0 Å².